The van der Waals surface area contributed by atoms with Gasteiger partial charge in [-0.25, -0.2) is 0 Å². The Balaban J connectivity index is 2.29. The first kappa shape index (κ1) is 14.2. The van der Waals surface area contributed by atoms with Crippen molar-refractivity contribution in [2.75, 3.05) is 7.05 Å². The minimum atomic E-state index is -0.304. The number of carbonyl (C=O) groups excluding carboxylic acids is 2. The van der Waals surface area contributed by atoms with E-state index >= 15 is 0 Å². The fourth-order valence-corrected chi connectivity index (χ4v) is 2.14. The molecule has 17 heavy (non-hydrogen) atoms. The Kier molecular flexibility index (Phi) is 5.12. The van der Waals surface area contributed by atoms with Gasteiger partial charge in [-0.15, -0.1) is 0 Å². The highest BCUT2D eigenvalue weighted by Crippen LogP contribution is 2.13. The van der Waals surface area contributed by atoms with Crippen molar-refractivity contribution in [3.63, 3.8) is 0 Å². The SMILES string of the molecule is CC(C)CCCC(C)NC1CC(=O)N(C)C1=O. The lowest BCUT2D eigenvalue weighted by atomic mass is 10.0. The van der Waals surface area contributed by atoms with E-state index < -0.39 is 0 Å². The second-order valence-electron chi connectivity index (χ2n) is 5.44. The van der Waals surface area contributed by atoms with Crippen LogP contribution in [0.2, 0.25) is 0 Å². The summed E-state index contributed by atoms with van der Waals surface area (Å²) in [5.41, 5.74) is 0. The smallest absolute Gasteiger partial charge is 0.246 e. The van der Waals surface area contributed by atoms with Crippen LogP contribution in [0.25, 0.3) is 0 Å². The molecule has 1 fully saturated rings. The Morgan fingerprint density at radius 2 is 1.94 bits per heavy atom. The third-order valence-electron chi connectivity index (χ3n) is 3.29. The molecule has 1 saturated heterocycles. The van der Waals surface area contributed by atoms with Crippen molar-refractivity contribution >= 4 is 11.8 Å². The predicted octanol–water partition coefficient (Wildman–Crippen LogP) is 1.55. The van der Waals surface area contributed by atoms with Crippen LogP contribution >= 0.6 is 0 Å². The van der Waals surface area contributed by atoms with Gasteiger partial charge >= 0.3 is 0 Å². The molecule has 1 N–H and O–H groups in total. The van der Waals surface area contributed by atoms with Crippen LogP contribution in [0.5, 0.6) is 0 Å². The van der Waals surface area contributed by atoms with Gasteiger partial charge in [-0.1, -0.05) is 26.7 Å². The summed E-state index contributed by atoms with van der Waals surface area (Å²) in [5.74, 6) is 0.551. The quantitative estimate of drug-likeness (QED) is 0.717. The van der Waals surface area contributed by atoms with Crippen LogP contribution in [-0.2, 0) is 9.59 Å². The number of amides is 2. The van der Waals surface area contributed by atoms with E-state index in [0.29, 0.717) is 12.5 Å². The summed E-state index contributed by atoms with van der Waals surface area (Å²) in [4.78, 5) is 24.2. The van der Waals surface area contributed by atoms with Gasteiger partial charge in [0, 0.05) is 13.1 Å². The van der Waals surface area contributed by atoms with E-state index in [9.17, 15) is 9.59 Å². The number of rotatable bonds is 6. The first-order chi connectivity index (χ1) is 7.91. The molecule has 98 valence electrons. The van der Waals surface area contributed by atoms with Gasteiger partial charge in [-0.3, -0.25) is 14.5 Å². The average molecular weight is 240 g/mol. The van der Waals surface area contributed by atoms with E-state index in [1.54, 1.807) is 7.05 Å². The second-order valence-corrected chi connectivity index (χ2v) is 5.44. The highest BCUT2D eigenvalue weighted by molar-refractivity contribution is 6.05. The molecular formula is C13H24N2O2. The van der Waals surface area contributed by atoms with Crippen molar-refractivity contribution in [2.45, 2.75) is 58.5 Å². The van der Waals surface area contributed by atoms with E-state index in [1.807, 2.05) is 0 Å². The van der Waals surface area contributed by atoms with Gasteiger partial charge in [0.15, 0.2) is 0 Å². The maximum atomic E-state index is 11.7. The lowest BCUT2D eigenvalue weighted by Gasteiger charge is -2.18. The summed E-state index contributed by atoms with van der Waals surface area (Å²) in [5, 5.41) is 3.25. The lowest BCUT2D eigenvalue weighted by molar-refractivity contribution is -0.137. The van der Waals surface area contributed by atoms with E-state index in [0.717, 1.165) is 18.8 Å². The maximum absolute atomic E-state index is 11.7. The van der Waals surface area contributed by atoms with Gasteiger partial charge in [0.1, 0.15) is 0 Å². The third-order valence-corrected chi connectivity index (χ3v) is 3.29. The fourth-order valence-electron chi connectivity index (χ4n) is 2.14. The number of likely N-dealkylation sites (tertiary alicyclic amines) is 1. The zero-order valence-electron chi connectivity index (χ0n) is 11.3. The fraction of sp³-hybridized carbons (Fsp3) is 0.846. The van der Waals surface area contributed by atoms with Gasteiger partial charge in [-0.2, -0.15) is 0 Å². The first-order valence-electron chi connectivity index (χ1n) is 6.48. The molecule has 0 radical (unpaired) electrons. The Morgan fingerprint density at radius 3 is 2.41 bits per heavy atom. The summed E-state index contributed by atoms with van der Waals surface area (Å²) in [6.45, 7) is 6.51. The first-order valence-corrected chi connectivity index (χ1v) is 6.48. The largest absolute Gasteiger partial charge is 0.303 e. The molecule has 1 rings (SSSR count). The van der Waals surface area contributed by atoms with Crippen molar-refractivity contribution < 1.29 is 9.59 Å². The van der Waals surface area contributed by atoms with E-state index in [-0.39, 0.29) is 17.9 Å². The van der Waals surface area contributed by atoms with Gasteiger partial charge < -0.3 is 5.32 Å². The topological polar surface area (TPSA) is 49.4 Å². The summed E-state index contributed by atoms with van der Waals surface area (Å²) >= 11 is 0. The Bertz CT molecular complexity index is 289. The molecule has 0 aromatic heterocycles. The van der Waals surface area contributed by atoms with E-state index in [2.05, 4.69) is 26.1 Å². The predicted molar refractivity (Wildman–Crippen MR) is 67.5 cm³/mol. The molecule has 2 unspecified atom stereocenters. The molecule has 2 amide bonds. The van der Waals surface area contributed by atoms with Crippen LogP contribution in [0.3, 0.4) is 0 Å². The number of likely N-dealkylation sites (N-methyl/N-ethyl adjacent to an activating group) is 1. The van der Waals surface area contributed by atoms with Crippen LogP contribution in [0.4, 0.5) is 0 Å². The number of hydrogen-bond acceptors (Lipinski definition) is 3. The van der Waals surface area contributed by atoms with Crippen molar-refractivity contribution in [1.82, 2.24) is 10.2 Å². The number of hydrogen-bond donors (Lipinski definition) is 1. The van der Waals surface area contributed by atoms with Gasteiger partial charge in [-0.05, 0) is 19.3 Å². The molecule has 0 bridgehead atoms. The molecule has 1 aliphatic rings. The normalized spacial score (nSPS) is 22.6. The van der Waals surface area contributed by atoms with Crippen molar-refractivity contribution in [3.8, 4) is 0 Å². The van der Waals surface area contributed by atoms with E-state index in [4.69, 9.17) is 0 Å². The molecule has 4 heteroatoms. The zero-order valence-corrected chi connectivity index (χ0v) is 11.3. The molecule has 0 aromatic rings. The molecule has 0 aromatic carbocycles. The van der Waals surface area contributed by atoms with Crippen LogP contribution in [0.15, 0.2) is 0 Å². The Morgan fingerprint density at radius 1 is 1.29 bits per heavy atom. The van der Waals surface area contributed by atoms with Crippen LogP contribution in [0, 0.1) is 5.92 Å². The highest BCUT2D eigenvalue weighted by Gasteiger charge is 2.36. The summed E-state index contributed by atoms with van der Waals surface area (Å²) in [6, 6.07) is -0.0106. The molecule has 1 heterocycles. The third kappa shape index (κ3) is 4.11. The second kappa shape index (κ2) is 6.15. The van der Waals surface area contributed by atoms with E-state index in [1.165, 1.54) is 11.3 Å². The molecule has 0 spiro atoms. The maximum Gasteiger partial charge on any atom is 0.246 e. The molecular weight excluding hydrogens is 216 g/mol. The van der Waals surface area contributed by atoms with Gasteiger partial charge in [0.2, 0.25) is 11.8 Å². The number of nitrogens with one attached hydrogen (secondary N) is 1. The van der Waals surface area contributed by atoms with Crippen LogP contribution < -0.4 is 5.32 Å². The standard InChI is InChI=1S/C13H24N2O2/c1-9(2)6-5-7-10(3)14-11-8-12(16)15(4)13(11)17/h9-11,14H,5-8H2,1-4H3. The molecule has 4 nitrogen and oxygen atoms in total. The summed E-state index contributed by atoms with van der Waals surface area (Å²) in [6.07, 6.45) is 3.74. The van der Waals surface area contributed by atoms with Crippen molar-refractivity contribution in [2.24, 2.45) is 5.92 Å². The molecule has 1 aliphatic heterocycles. The summed E-state index contributed by atoms with van der Waals surface area (Å²) in [7, 11) is 1.55. The molecule has 2 atom stereocenters. The molecule has 0 aliphatic carbocycles. The number of imide groups is 1. The highest BCUT2D eigenvalue weighted by atomic mass is 16.2. The van der Waals surface area contributed by atoms with Gasteiger partial charge in [0.05, 0.1) is 12.5 Å². The molecule has 0 saturated carbocycles. The number of nitrogens with zero attached hydrogens (tertiary/aromatic N) is 1. The minimum absolute atomic E-state index is 0.0816. The van der Waals surface area contributed by atoms with Crippen LogP contribution in [-0.4, -0.2) is 35.8 Å². The van der Waals surface area contributed by atoms with Crippen molar-refractivity contribution in [1.29, 1.82) is 0 Å². The summed E-state index contributed by atoms with van der Waals surface area (Å²) < 4.78 is 0. The van der Waals surface area contributed by atoms with Crippen LogP contribution in [0.1, 0.15) is 46.5 Å². The Labute approximate surface area is 104 Å². The minimum Gasteiger partial charge on any atom is -0.303 e. The van der Waals surface area contributed by atoms with Gasteiger partial charge in [0.25, 0.3) is 0 Å². The number of carbonyl (C=O) groups is 2. The van der Waals surface area contributed by atoms with Crippen molar-refractivity contribution in [3.05, 3.63) is 0 Å². The average Bonchev–Trinajstić information content (AvgIpc) is 2.46. The zero-order chi connectivity index (χ0) is 13.0. The Hall–Kier alpha value is -0.900. The lowest BCUT2D eigenvalue weighted by Crippen LogP contribution is -2.41. The monoisotopic (exact) mass is 240 g/mol.